The number of para-hydroxylation sites is 2. The van der Waals surface area contributed by atoms with Gasteiger partial charge in [-0.25, -0.2) is 0 Å². The van der Waals surface area contributed by atoms with Crippen LogP contribution in [-0.4, -0.2) is 44.7 Å². The molecule has 0 aliphatic carbocycles. The van der Waals surface area contributed by atoms with Gasteiger partial charge in [-0.2, -0.15) is 0 Å². The topological polar surface area (TPSA) is 61.9 Å². The van der Waals surface area contributed by atoms with Gasteiger partial charge in [-0.1, -0.05) is 24.3 Å². The van der Waals surface area contributed by atoms with Crippen LogP contribution in [0, 0.1) is 6.92 Å². The molecule has 0 unspecified atom stereocenters. The van der Waals surface area contributed by atoms with E-state index in [9.17, 15) is 9.59 Å². The van der Waals surface area contributed by atoms with E-state index in [0.717, 1.165) is 35.7 Å². The number of benzene rings is 2. The Labute approximate surface area is 166 Å². The summed E-state index contributed by atoms with van der Waals surface area (Å²) >= 11 is 0. The molecule has 0 spiro atoms. The summed E-state index contributed by atoms with van der Waals surface area (Å²) in [5.41, 5.74) is 3.57. The molecule has 148 valence electrons. The Morgan fingerprint density at radius 1 is 1.11 bits per heavy atom. The largest absolute Gasteiger partial charge is 0.378 e. The highest BCUT2D eigenvalue weighted by Crippen LogP contribution is 2.26. The number of rotatable bonds is 6. The summed E-state index contributed by atoms with van der Waals surface area (Å²) in [5, 5.41) is 2.91. The Morgan fingerprint density at radius 2 is 1.86 bits per heavy atom. The molecule has 28 heavy (non-hydrogen) atoms. The molecule has 1 aliphatic rings. The average Bonchev–Trinajstić information content (AvgIpc) is 2.69. The first-order chi connectivity index (χ1) is 13.6. The van der Waals surface area contributed by atoms with Gasteiger partial charge in [0.25, 0.3) is 0 Å². The first-order valence-electron chi connectivity index (χ1n) is 9.67. The number of nitrogens with one attached hydrogen (secondary N) is 1. The Morgan fingerprint density at radius 3 is 2.57 bits per heavy atom. The number of carbonyl (C=O) groups is 2. The Bertz CT molecular complexity index is 831. The fourth-order valence-corrected chi connectivity index (χ4v) is 3.39. The molecule has 1 saturated heterocycles. The third-order valence-electron chi connectivity index (χ3n) is 4.77. The van der Waals surface area contributed by atoms with Crippen molar-refractivity contribution in [3.8, 4) is 0 Å². The molecule has 0 radical (unpaired) electrons. The van der Waals surface area contributed by atoms with Gasteiger partial charge in [0.2, 0.25) is 11.8 Å². The molecule has 3 rings (SSSR count). The lowest BCUT2D eigenvalue weighted by atomic mass is 10.2. The van der Waals surface area contributed by atoms with Gasteiger partial charge in [0.05, 0.1) is 24.6 Å². The van der Waals surface area contributed by atoms with Crippen LogP contribution in [0.25, 0.3) is 0 Å². The number of amides is 2. The van der Waals surface area contributed by atoms with Gasteiger partial charge in [-0.3, -0.25) is 9.59 Å². The molecule has 0 bridgehead atoms. The Kier molecular flexibility index (Phi) is 6.66. The van der Waals surface area contributed by atoms with Gasteiger partial charge in [-0.05, 0) is 43.7 Å². The summed E-state index contributed by atoms with van der Waals surface area (Å²) in [5.74, 6) is -0.522. The molecule has 1 N–H and O–H groups in total. The van der Waals surface area contributed by atoms with Crippen molar-refractivity contribution in [3.63, 3.8) is 0 Å². The van der Waals surface area contributed by atoms with E-state index in [4.69, 9.17) is 4.74 Å². The van der Waals surface area contributed by atoms with Gasteiger partial charge < -0.3 is 19.9 Å². The van der Waals surface area contributed by atoms with Crippen molar-refractivity contribution < 1.29 is 14.3 Å². The number of hydrogen-bond donors (Lipinski definition) is 1. The van der Waals surface area contributed by atoms with E-state index in [1.54, 1.807) is 4.90 Å². The summed E-state index contributed by atoms with van der Waals surface area (Å²) in [7, 11) is 0. The van der Waals surface area contributed by atoms with Crippen molar-refractivity contribution in [2.75, 3.05) is 48.0 Å². The average molecular weight is 381 g/mol. The van der Waals surface area contributed by atoms with Gasteiger partial charge in [0, 0.05) is 25.3 Å². The van der Waals surface area contributed by atoms with Crippen molar-refractivity contribution in [1.82, 2.24) is 0 Å². The van der Waals surface area contributed by atoms with Crippen molar-refractivity contribution in [2.45, 2.75) is 20.3 Å². The molecule has 1 aliphatic heterocycles. The van der Waals surface area contributed by atoms with Crippen molar-refractivity contribution in [1.29, 1.82) is 0 Å². The van der Waals surface area contributed by atoms with Gasteiger partial charge in [-0.15, -0.1) is 0 Å². The second-order valence-corrected chi connectivity index (χ2v) is 6.82. The molecule has 0 atom stereocenters. The first kappa shape index (κ1) is 19.9. The van der Waals surface area contributed by atoms with E-state index in [-0.39, 0.29) is 18.2 Å². The van der Waals surface area contributed by atoms with Gasteiger partial charge in [0.15, 0.2) is 0 Å². The van der Waals surface area contributed by atoms with Gasteiger partial charge in [0.1, 0.15) is 6.42 Å². The standard InChI is InChI=1S/C22H27N3O3/c1-3-25(18-8-6-7-17(2)15-18)22(27)16-21(26)23-19-9-4-5-10-20(19)24-11-13-28-14-12-24/h4-10,15H,3,11-14,16H2,1-2H3,(H,23,26). The zero-order chi connectivity index (χ0) is 19.9. The van der Waals surface area contributed by atoms with Gasteiger partial charge >= 0.3 is 0 Å². The monoisotopic (exact) mass is 381 g/mol. The molecule has 6 heteroatoms. The lowest BCUT2D eigenvalue weighted by molar-refractivity contribution is -0.125. The number of hydrogen-bond acceptors (Lipinski definition) is 4. The highest BCUT2D eigenvalue weighted by atomic mass is 16.5. The summed E-state index contributed by atoms with van der Waals surface area (Å²) < 4.78 is 5.40. The van der Waals surface area contributed by atoms with Crippen LogP contribution in [-0.2, 0) is 14.3 Å². The molecule has 0 aromatic heterocycles. The molecule has 2 aromatic carbocycles. The highest BCUT2D eigenvalue weighted by molar-refractivity contribution is 6.09. The minimum atomic E-state index is -0.309. The summed E-state index contributed by atoms with van der Waals surface area (Å²) in [6.45, 7) is 7.31. The summed E-state index contributed by atoms with van der Waals surface area (Å²) in [6, 6.07) is 15.4. The maximum absolute atomic E-state index is 12.7. The number of anilines is 3. The second-order valence-electron chi connectivity index (χ2n) is 6.82. The van der Waals surface area contributed by atoms with Crippen molar-refractivity contribution >= 4 is 28.9 Å². The van der Waals surface area contributed by atoms with Crippen LogP contribution in [0.2, 0.25) is 0 Å². The zero-order valence-electron chi connectivity index (χ0n) is 16.5. The first-order valence-corrected chi connectivity index (χ1v) is 9.67. The van der Waals surface area contributed by atoms with Crippen LogP contribution in [0.5, 0.6) is 0 Å². The fraction of sp³-hybridized carbons (Fsp3) is 0.364. The number of nitrogens with zero attached hydrogens (tertiary/aromatic N) is 2. The predicted octanol–water partition coefficient (Wildman–Crippen LogP) is 3.21. The lowest BCUT2D eigenvalue weighted by Gasteiger charge is -2.30. The quantitative estimate of drug-likeness (QED) is 0.781. The Hall–Kier alpha value is -2.86. The van der Waals surface area contributed by atoms with E-state index in [1.807, 2.05) is 62.4 Å². The van der Waals surface area contributed by atoms with Crippen LogP contribution in [0.3, 0.4) is 0 Å². The smallest absolute Gasteiger partial charge is 0.236 e. The number of aryl methyl sites for hydroxylation is 1. The van der Waals surface area contributed by atoms with Crippen LogP contribution in [0.1, 0.15) is 18.9 Å². The van der Waals surface area contributed by atoms with E-state index in [0.29, 0.717) is 19.8 Å². The molecule has 1 fully saturated rings. The molecule has 0 saturated carbocycles. The second kappa shape index (κ2) is 9.37. The fourth-order valence-electron chi connectivity index (χ4n) is 3.39. The van der Waals surface area contributed by atoms with Crippen LogP contribution >= 0.6 is 0 Å². The lowest BCUT2D eigenvalue weighted by Crippen LogP contribution is -2.37. The van der Waals surface area contributed by atoms with E-state index in [1.165, 1.54) is 0 Å². The number of carbonyl (C=O) groups excluding carboxylic acids is 2. The minimum Gasteiger partial charge on any atom is -0.378 e. The van der Waals surface area contributed by atoms with Crippen molar-refractivity contribution in [2.24, 2.45) is 0 Å². The van der Waals surface area contributed by atoms with E-state index in [2.05, 4.69) is 10.2 Å². The zero-order valence-corrected chi connectivity index (χ0v) is 16.5. The third-order valence-corrected chi connectivity index (χ3v) is 4.77. The maximum Gasteiger partial charge on any atom is 0.236 e. The highest BCUT2D eigenvalue weighted by Gasteiger charge is 2.20. The SMILES string of the molecule is CCN(C(=O)CC(=O)Nc1ccccc1N1CCOCC1)c1cccc(C)c1. The molecule has 2 aromatic rings. The number of morpholine rings is 1. The molecule has 2 amide bonds. The molecule has 1 heterocycles. The molecular weight excluding hydrogens is 354 g/mol. The normalized spacial score (nSPS) is 13.9. The summed E-state index contributed by atoms with van der Waals surface area (Å²) in [6.07, 6.45) is -0.195. The molecular formula is C22H27N3O3. The third kappa shape index (κ3) is 4.89. The van der Waals surface area contributed by atoms with E-state index >= 15 is 0 Å². The molecule has 6 nitrogen and oxygen atoms in total. The number of ether oxygens (including phenoxy) is 1. The van der Waals surface area contributed by atoms with Crippen LogP contribution in [0.15, 0.2) is 48.5 Å². The van der Waals surface area contributed by atoms with Crippen LogP contribution in [0.4, 0.5) is 17.1 Å². The predicted molar refractivity (Wildman–Crippen MR) is 112 cm³/mol. The Balaban J connectivity index is 1.67. The van der Waals surface area contributed by atoms with E-state index < -0.39 is 0 Å². The minimum absolute atomic E-state index is 0.195. The van der Waals surface area contributed by atoms with Crippen LogP contribution < -0.4 is 15.1 Å². The maximum atomic E-state index is 12.7. The van der Waals surface area contributed by atoms with Crippen molar-refractivity contribution in [3.05, 3.63) is 54.1 Å². The summed E-state index contributed by atoms with van der Waals surface area (Å²) in [4.78, 5) is 29.1.